The molecule has 0 N–H and O–H groups in total. The number of hydrogen-bond acceptors (Lipinski definition) is 3. The van der Waals surface area contributed by atoms with E-state index < -0.39 is 0 Å². The molecule has 6 rings (SSSR count). The average Bonchev–Trinajstić information content (AvgIpc) is 3.46. The van der Waals surface area contributed by atoms with Crippen molar-refractivity contribution in [3.8, 4) is 16.9 Å². The Balaban J connectivity index is 1.52. The summed E-state index contributed by atoms with van der Waals surface area (Å²) in [4.78, 5) is 17.9. The lowest BCUT2D eigenvalue weighted by atomic mass is 10.1. The minimum atomic E-state index is -0.0517. The molecule has 0 spiro atoms. The topological polar surface area (TPSA) is 52.7 Å². The van der Waals surface area contributed by atoms with Crippen LogP contribution in [0.5, 0.6) is 0 Å². The van der Waals surface area contributed by atoms with E-state index in [-0.39, 0.29) is 5.56 Å². The molecule has 0 saturated carbocycles. The van der Waals surface area contributed by atoms with E-state index in [4.69, 9.17) is 21.7 Å². The molecule has 0 bridgehead atoms. The Kier molecular flexibility index (Phi) is 4.70. The lowest BCUT2D eigenvalue weighted by molar-refractivity contribution is 0.725. The second kappa shape index (κ2) is 7.87. The van der Waals surface area contributed by atoms with Gasteiger partial charge >= 0.3 is 0 Å². The van der Waals surface area contributed by atoms with E-state index in [1.165, 1.54) is 0 Å². The molecule has 1 aliphatic heterocycles. The van der Waals surface area contributed by atoms with Gasteiger partial charge in [-0.1, -0.05) is 60.1 Å². The van der Waals surface area contributed by atoms with Crippen LogP contribution in [0.3, 0.4) is 0 Å². The number of allylic oxidation sites excluding steroid dienone is 1. The molecule has 33 heavy (non-hydrogen) atoms. The van der Waals surface area contributed by atoms with Gasteiger partial charge in [0.2, 0.25) is 0 Å². The quantitative estimate of drug-likeness (QED) is 0.346. The molecule has 0 amide bonds. The number of nitrogens with zero attached hydrogens (tertiary/aromatic N) is 4. The molecule has 0 aliphatic carbocycles. The smallest absolute Gasteiger partial charge is 0.261 e. The number of halogens is 1. The predicted molar refractivity (Wildman–Crippen MR) is 133 cm³/mol. The molecule has 5 aromatic rings. The highest BCUT2D eigenvalue weighted by molar-refractivity contribution is 6.31. The number of benzene rings is 3. The summed E-state index contributed by atoms with van der Waals surface area (Å²) in [6, 6.07) is 25.4. The molecule has 5 nitrogen and oxygen atoms in total. The first-order chi connectivity index (χ1) is 16.2. The first-order valence-corrected chi connectivity index (χ1v) is 11.2. The molecule has 0 unspecified atom stereocenters. The van der Waals surface area contributed by atoms with Crippen molar-refractivity contribution in [1.29, 1.82) is 0 Å². The summed E-state index contributed by atoms with van der Waals surface area (Å²) in [6.07, 6.45) is 4.88. The number of fused-ring (bicyclic) bond motifs is 2. The highest BCUT2D eigenvalue weighted by atomic mass is 35.5. The van der Waals surface area contributed by atoms with E-state index in [0.29, 0.717) is 28.3 Å². The van der Waals surface area contributed by atoms with Crippen molar-refractivity contribution >= 4 is 34.2 Å². The van der Waals surface area contributed by atoms with Gasteiger partial charge in [-0.25, -0.2) is 9.67 Å². The van der Waals surface area contributed by atoms with Crippen LogP contribution in [0.15, 0.2) is 89.9 Å². The van der Waals surface area contributed by atoms with Crippen LogP contribution in [0.25, 0.3) is 39.5 Å². The number of hydrogen-bond donors (Lipinski definition) is 0. The number of rotatable bonds is 3. The minimum Gasteiger partial charge on any atom is -0.292 e. The van der Waals surface area contributed by atoms with E-state index in [1.807, 2.05) is 59.4 Å². The Hall–Kier alpha value is -3.96. The monoisotopic (exact) mass is 450 g/mol. The molecular weight excluding hydrogens is 432 g/mol. The maximum absolute atomic E-state index is 13.1. The summed E-state index contributed by atoms with van der Waals surface area (Å²) in [5.41, 5.74) is 5.53. The molecule has 1 aliphatic rings. The van der Waals surface area contributed by atoms with E-state index >= 15 is 0 Å². The zero-order valence-electron chi connectivity index (χ0n) is 17.6. The third kappa shape index (κ3) is 3.47. The van der Waals surface area contributed by atoms with Crippen LogP contribution in [-0.4, -0.2) is 19.3 Å². The van der Waals surface area contributed by atoms with Gasteiger partial charge in [0.05, 0.1) is 22.3 Å². The van der Waals surface area contributed by atoms with Gasteiger partial charge in [0.1, 0.15) is 5.82 Å². The Labute approximate surface area is 195 Å². The van der Waals surface area contributed by atoms with Gasteiger partial charge in [-0.2, -0.15) is 5.10 Å². The normalized spacial score (nSPS) is 14.2. The lowest BCUT2D eigenvalue weighted by Crippen LogP contribution is -2.20. The Morgan fingerprint density at radius 2 is 1.70 bits per heavy atom. The lowest BCUT2D eigenvalue weighted by Gasteiger charge is -2.06. The van der Waals surface area contributed by atoms with E-state index in [0.717, 1.165) is 34.5 Å². The average molecular weight is 451 g/mol. The van der Waals surface area contributed by atoms with Gasteiger partial charge < -0.3 is 0 Å². The van der Waals surface area contributed by atoms with Crippen molar-refractivity contribution in [2.24, 2.45) is 0 Å². The van der Waals surface area contributed by atoms with Crippen molar-refractivity contribution in [3.63, 3.8) is 0 Å². The van der Waals surface area contributed by atoms with Crippen LogP contribution in [0.1, 0.15) is 17.8 Å². The maximum Gasteiger partial charge on any atom is 0.261 e. The molecule has 6 heteroatoms. The highest BCUT2D eigenvalue weighted by Crippen LogP contribution is 2.32. The van der Waals surface area contributed by atoms with Crippen molar-refractivity contribution in [1.82, 2.24) is 19.3 Å². The third-order valence-electron chi connectivity index (χ3n) is 5.95. The fourth-order valence-electron chi connectivity index (χ4n) is 4.34. The molecular formula is C27H19ClN4O. The van der Waals surface area contributed by atoms with Crippen molar-refractivity contribution < 1.29 is 0 Å². The second-order valence-electron chi connectivity index (χ2n) is 8.05. The largest absolute Gasteiger partial charge is 0.292 e. The van der Waals surface area contributed by atoms with Gasteiger partial charge in [-0.05, 0) is 48.4 Å². The van der Waals surface area contributed by atoms with Crippen molar-refractivity contribution in [2.45, 2.75) is 13.0 Å². The Bertz CT molecular complexity index is 1580. The summed E-state index contributed by atoms with van der Waals surface area (Å²) >= 11 is 6.11. The zero-order chi connectivity index (χ0) is 22.4. The van der Waals surface area contributed by atoms with Gasteiger partial charge in [0, 0.05) is 28.9 Å². The molecule has 0 atom stereocenters. The summed E-state index contributed by atoms with van der Waals surface area (Å²) in [5, 5.41) is 5.98. The predicted octanol–water partition coefficient (Wildman–Crippen LogP) is 5.85. The zero-order valence-corrected chi connectivity index (χ0v) is 18.4. The van der Waals surface area contributed by atoms with Crippen molar-refractivity contribution in [3.05, 3.63) is 112 Å². The van der Waals surface area contributed by atoms with Gasteiger partial charge in [-0.3, -0.25) is 9.36 Å². The highest BCUT2D eigenvalue weighted by Gasteiger charge is 2.22. The van der Waals surface area contributed by atoms with E-state index in [1.54, 1.807) is 22.8 Å². The summed E-state index contributed by atoms with van der Waals surface area (Å²) in [6.45, 7) is 0.600. The van der Waals surface area contributed by atoms with E-state index in [9.17, 15) is 4.79 Å². The summed E-state index contributed by atoms with van der Waals surface area (Å²) in [7, 11) is 0. The van der Waals surface area contributed by atoms with Crippen LogP contribution in [0, 0.1) is 0 Å². The van der Waals surface area contributed by atoms with Crippen LogP contribution in [0.2, 0.25) is 5.02 Å². The SMILES string of the molecule is O=c1c2cc(Cl)ccc2nc2n1CC/C2=C/c1cn(-c2ccccc2)nc1-c1ccccc1. The fourth-order valence-corrected chi connectivity index (χ4v) is 4.51. The summed E-state index contributed by atoms with van der Waals surface area (Å²) in [5.74, 6) is 0.710. The molecule has 0 saturated heterocycles. The fraction of sp³-hybridized carbons (Fsp3) is 0.0741. The first-order valence-electron chi connectivity index (χ1n) is 10.8. The molecule has 0 fully saturated rings. The number of aromatic nitrogens is 4. The number of para-hydroxylation sites is 1. The van der Waals surface area contributed by atoms with E-state index in [2.05, 4.69) is 18.2 Å². The second-order valence-corrected chi connectivity index (χ2v) is 8.49. The Morgan fingerprint density at radius 1 is 0.939 bits per heavy atom. The molecule has 0 radical (unpaired) electrons. The third-order valence-corrected chi connectivity index (χ3v) is 6.18. The minimum absolute atomic E-state index is 0.0517. The first kappa shape index (κ1) is 19.7. The molecule has 2 aromatic heterocycles. The van der Waals surface area contributed by atoms with Crippen molar-refractivity contribution in [2.75, 3.05) is 0 Å². The Morgan fingerprint density at radius 3 is 2.48 bits per heavy atom. The van der Waals surface area contributed by atoms with Crippen LogP contribution in [0.4, 0.5) is 0 Å². The maximum atomic E-state index is 13.1. The van der Waals surface area contributed by atoms with Gasteiger partial charge in [-0.15, -0.1) is 0 Å². The van der Waals surface area contributed by atoms with Crippen LogP contribution < -0.4 is 5.56 Å². The standard InChI is InChI=1S/C27H19ClN4O/c28-21-11-12-24-23(16-21)27(33)31-14-13-19(26(31)29-24)15-20-17-32(22-9-5-2-6-10-22)30-25(20)18-7-3-1-4-8-18/h1-12,15-17H,13-14H2/b19-15-. The van der Waals surface area contributed by atoms with Gasteiger partial charge in [0.25, 0.3) is 5.56 Å². The molecule has 3 heterocycles. The summed E-state index contributed by atoms with van der Waals surface area (Å²) < 4.78 is 3.64. The van der Waals surface area contributed by atoms with Gasteiger partial charge in [0.15, 0.2) is 0 Å². The molecule has 160 valence electrons. The van der Waals surface area contributed by atoms with Crippen LogP contribution in [-0.2, 0) is 6.54 Å². The molecule has 3 aromatic carbocycles. The van der Waals surface area contributed by atoms with Crippen LogP contribution >= 0.6 is 11.6 Å².